The normalized spacial score (nSPS) is 28.2. The first kappa shape index (κ1) is 28.5. The number of hydrogen-bond donors (Lipinski definition) is 1. The van der Waals surface area contributed by atoms with Crippen LogP contribution in [0.1, 0.15) is 51.4 Å². The number of fused-ring (bicyclic) bond motifs is 3. The van der Waals surface area contributed by atoms with Crippen molar-refractivity contribution >= 4 is 11.9 Å². The third-order valence-electron chi connectivity index (χ3n) is 6.95. The highest BCUT2D eigenvalue weighted by atomic mass is 16.8. The quantitative estimate of drug-likeness (QED) is 0.486. The van der Waals surface area contributed by atoms with Crippen molar-refractivity contribution in [1.29, 1.82) is 0 Å². The van der Waals surface area contributed by atoms with Crippen LogP contribution in [0.25, 0.3) is 11.1 Å². The molecule has 5 atom stereocenters. The van der Waals surface area contributed by atoms with Crippen LogP contribution in [0.15, 0.2) is 48.5 Å². The van der Waals surface area contributed by atoms with Gasteiger partial charge in [-0.3, -0.25) is 9.59 Å². The van der Waals surface area contributed by atoms with Crippen LogP contribution in [0, 0.1) is 0 Å². The molecule has 1 N–H and O–H groups in total. The molecule has 0 bridgehead atoms. The number of hydrogen-bond acceptors (Lipinski definition) is 9. The van der Waals surface area contributed by atoms with Gasteiger partial charge in [0.1, 0.15) is 24.1 Å². The van der Waals surface area contributed by atoms with Crippen LogP contribution in [0.2, 0.25) is 0 Å². The molecule has 10 nitrogen and oxygen atoms in total. The zero-order valence-electron chi connectivity index (χ0n) is 23.5. The Kier molecular flexibility index (Phi) is 8.17. The van der Waals surface area contributed by atoms with Gasteiger partial charge in [-0.05, 0) is 58.4 Å². The van der Waals surface area contributed by atoms with Crippen LogP contribution in [0.4, 0.5) is 0 Å². The maximum Gasteiger partial charge on any atom is 0.307 e. The molecule has 2 aromatic carbocycles. The molecule has 0 aromatic heterocycles. The first-order chi connectivity index (χ1) is 19.0. The minimum Gasteiger partial charge on any atom is -0.466 e. The Labute approximate surface area is 234 Å². The molecule has 3 aliphatic rings. The first-order valence-electron chi connectivity index (χ1n) is 13.7. The van der Waals surface area contributed by atoms with Crippen LogP contribution < -0.4 is 10.1 Å². The van der Waals surface area contributed by atoms with Crippen molar-refractivity contribution in [3.8, 4) is 16.9 Å². The second-order valence-electron chi connectivity index (χ2n) is 10.9. The predicted octanol–water partition coefficient (Wildman–Crippen LogP) is 3.81. The summed E-state index contributed by atoms with van der Waals surface area (Å²) in [5.41, 5.74) is 2.17. The first-order valence-corrected chi connectivity index (χ1v) is 13.7. The van der Waals surface area contributed by atoms with Gasteiger partial charge in [-0.1, -0.05) is 30.3 Å². The van der Waals surface area contributed by atoms with Crippen molar-refractivity contribution in [2.24, 2.45) is 0 Å². The lowest BCUT2D eigenvalue weighted by atomic mass is 9.97. The van der Waals surface area contributed by atoms with E-state index in [4.69, 9.17) is 33.2 Å². The highest BCUT2D eigenvalue weighted by Gasteiger charge is 2.59. The lowest BCUT2D eigenvalue weighted by molar-refractivity contribution is -0.362. The van der Waals surface area contributed by atoms with Crippen molar-refractivity contribution < 1.29 is 42.7 Å². The second-order valence-corrected chi connectivity index (χ2v) is 10.9. The number of rotatable bonds is 8. The average molecular weight is 556 g/mol. The molecule has 3 saturated heterocycles. The van der Waals surface area contributed by atoms with E-state index in [1.54, 1.807) is 19.1 Å². The smallest absolute Gasteiger partial charge is 0.307 e. The fourth-order valence-corrected chi connectivity index (χ4v) is 5.18. The molecule has 0 saturated carbocycles. The van der Waals surface area contributed by atoms with Gasteiger partial charge in [0.15, 0.2) is 17.7 Å². The van der Waals surface area contributed by atoms with E-state index in [-0.39, 0.29) is 37.0 Å². The SMILES string of the molecule is CCOC(=O)CCNC(=O)c1ccc(-c2ccccc2O[C@H]2O[C@@H]3COC(C)(C)O[C@H]3[C@@H]3OC(C)(C)O[C@H]23)cc1. The van der Waals surface area contributed by atoms with Crippen LogP contribution in [0.5, 0.6) is 5.75 Å². The van der Waals surface area contributed by atoms with Gasteiger partial charge in [0.25, 0.3) is 5.91 Å². The van der Waals surface area contributed by atoms with E-state index in [0.29, 0.717) is 24.5 Å². The monoisotopic (exact) mass is 555 g/mol. The van der Waals surface area contributed by atoms with Crippen molar-refractivity contribution in [2.75, 3.05) is 19.8 Å². The Morgan fingerprint density at radius 2 is 1.62 bits per heavy atom. The summed E-state index contributed by atoms with van der Waals surface area (Å²) in [5, 5.41) is 2.74. The van der Waals surface area contributed by atoms with Crippen LogP contribution in [-0.4, -0.2) is 73.9 Å². The number of nitrogens with one attached hydrogen (secondary N) is 1. The minimum absolute atomic E-state index is 0.122. The standard InChI is InChI=1S/C30H37NO9/c1-6-34-23(32)15-16-31-27(33)19-13-11-18(12-14-19)20-9-7-8-10-21(20)36-28-26-25(39-30(4,5)40-26)24-22(37-28)17-35-29(2,3)38-24/h7-14,22,24-26,28H,6,15-17H2,1-5H3,(H,31,33)/t22-,24-,25+,26+,28+/m1/s1. The highest BCUT2D eigenvalue weighted by Crippen LogP contribution is 2.43. The average Bonchev–Trinajstić information content (AvgIpc) is 3.25. The van der Waals surface area contributed by atoms with E-state index in [1.807, 2.05) is 64.1 Å². The van der Waals surface area contributed by atoms with Gasteiger partial charge < -0.3 is 38.5 Å². The predicted molar refractivity (Wildman–Crippen MR) is 143 cm³/mol. The summed E-state index contributed by atoms with van der Waals surface area (Å²) in [6.45, 7) is 10.1. The number of para-hydroxylation sites is 1. The van der Waals surface area contributed by atoms with Crippen LogP contribution in [-0.2, 0) is 33.2 Å². The van der Waals surface area contributed by atoms with E-state index in [2.05, 4.69) is 5.32 Å². The molecule has 5 rings (SSSR count). The van der Waals surface area contributed by atoms with Gasteiger partial charge in [-0.25, -0.2) is 0 Å². The molecule has 40 heavy (non-hydrogen) atoms. The third kappa shape index (κ3) is 6.31. The molecule has 3 aliphatic heterocycles. The lowest BCUT2D eigenvalue weighted by Crippen LogP contribution is -2.64. The Bertz CT molecular complexity index is 1210. The fourth-order valence-electron chi connectivity index (χ4n) is 5.18. The zero-order chi connectivity index (χ0) is 28.5. The molecule has 10 heteroatoms. The number of esters is 1. The number of benzene rings is 2. The fraction of sp³-hybridized carbons (Fsp3) is 0.533. The number of carbonyl (C=O) groups excluding carboxylic acids is 2. The molecule has 0 spiro atoms. The van der Waals surface area contributed by atoms with Gasteiger partial charge in [0.2, 0.25) is 6.29 Å². The van der Waals surface area contributed by atoms with Gasteiger partial charge in [0.05, 0.1) is 19.6 Å². The molecule has 2 aromatic rings. The molecule has 3 heterocycles. The summed E-state index contributed by atoms with van der Waals surface area (Å²) < 4.78 is 42.2. The van der Waals surface area contributed by atoms with Gasteiger partial charge in [0, 0.05) is 17.7 Å². The molecule has 1 amide bonds. The van der Waals surface area contributed by atoms with E-state index >= 15 is 0 Å². The third-order valence-corrected chi connectivity index (χ3v) is 6.95. The molecule has 0 unspecified atom stereocenters. The molecular weight excluding hydrogens is 518 g/mol. The highest BCUT2D eigenvalue weighted by molar-refractivity contribution is 5.95. The Hall–Kier alpha value is -3.02. The molecular formula is C30H37NO9. The summed E-state index contributed by atoms with van der Waals surface area (Å²) in [4.78, 5) is 24.0. The Morgan fingerprint density at radius 1 is 0.925 bits per heavy atom. The summed E-state index contributed by atoms with van der Waals surface area (Å²) in [7, 11) is 0. The molecule has 216 valence electrons. The number of carbonyl (C=O) groups is 2. The van der Waals surface area contributed by atoms with Gasteiger partial charge >= 0.3 is 5.97 Å². The van der Waals surface area contributed by atoms with Crippen molar-refractivity contribution in [3.63, 3.8) is 0 Å². The zero-order valence-corrected chi connectivity index (χ0v) is 23.5. The Morgan fingerprint density at radius 3 is 2.38 bits per heavy atom. The van der Waals surface area contributed by atoms with Gasteiger partial charge in [-0.2, -0.15) is 0 Å². The molecule has 3 fully saturated rings. The number of amides is 1. The topological polar surface area (TPSA) is 111 Å². The van der Waals surface area contributed by atoms with Crippen LogP contribution in [0.3, 0.4) is 0 Å². The lowest BCUT2D eigenvalue weighted by Gasteiger charge is -2.48. The van der Waals surface area contributed by atoms with E-state index in [9.17, 15) is 9.59 Å². The van der Waals surface area contributed by atoms with E-state index < -0.39 is 30.1 Å². The van der Waals surface area contributed by atoms with E-state index in [1.165, 1.54) is 0 Å². The minimum atomic E-state index is -0.826. The second kappa shape index (κ2) is 11.5. The summed E-state index contributed by atoms with van der Waals surface area (Å²) in [6, 6.07) is 14.8. The Balaban J connectivity index is 1.30. The summed E-state index contributed by atoms with van der Waals surface area (Å²) >= 11 is 0. The van der Waals surface area contributed by atoms with Crippen molar-refractivity contribution in [2.45, 2.75) is 83.3 Å². The summed E-state index contributed by atoms with van der Waals surface area (Å²) in [6.07, 6.45) is -2.29. The van der Waals surface area contributed by atoms with Crippen molar-refractivity contribution in [1.82, 2.24) is 5.32 Å². The van der Waals surface area contributed by atoms with Crippen molar-refractivity contribution in [3.05, 3.63) is 54.1 Å². The van der Waals surface area contributed by atoms with Crippen LogP contribution >= 0.6 is 0 Å². The molecule has 0 aliphatic carbocycles. The maximum atomic E-state index is 12.5. The number of ether oxygens (including phenoxy) is 7. The largest absolute Gasteiger partial charge is 0.466 e. The molecule has 0 radical (unpaired) electrons. The van der Waals surface area contributed by atoms with Gasteiger partial charge in [-0.15, -0.1) is 0 Å². The van der Waals surface area contributed by atoms with E-state index in [0.717, 1.165) is 11.1 Å². The maximum absolute atomic E-state index is 12.5. The summed E-state index contributed by atoms with van der Waals surface area (Å²) in [5.74, 6) is -1.59.